The van der Waals surface area contributed by atoms with E-state index in [0.717, 1.165) is 42.4 Å². The van der Waals surface area contributed by atoms with Gasteiger partial charge in [0.1, 0.15) is 34.6 Å². The Morgan fingerprint density at radius 3 is 2.42 bits per heavy atom. The number of aryl methyl sites for hydroxylation is 1. The van der Waals surface area contributed by atoms with Crippen LogP contribution in [0.5, 0.6) is 0 Å². The Hall–Kier alpha value is -4.49. The van der Waals surface area contributed by atoms with Crippen LogP contribution in [-0.4, -0.2) is 74.2 Å². The van der Waals surface area contributed by atoms with Crippen molar-refractivity contribution in [1.29, 1.82) is 0 Å². The van der Waals surface area contributed by atoms with E-state index in [2.05, 4.69) is 21.9 Å². The highest BCUT2D eigenvalue weighted by atomic mass is 32.2. The van der Waals surface area contributed by atoms with Gasteiger partial charge in [-0.15, -0.1) is 0 Å². The summed E-state index contributed by atoms with van der Waals surface area (Å²) >= 11 is -1.84. The topological polar surface area (TPSA) is 152 Å². The van der Waals surface area contributed by atoms with Gasteiger partial charge in [0.2, 0.25) is 5.91 Å². The Morgan fingerprint density at radius 2 is 1.74 bits per heavy atom. The monoisotopic (exact) mass is 745 g/mol. The zero-order chi connectivity index (χ0) is 37.9. The van der Waals surface area contributed by atoms with Gasteiger partial charge in [-0.25, -0.2) is 9.59 Å². The Labute approximate surface area is 315 Å². The average molecular weight is 746 g/mol. The number of rotatable bonds is 5. The zero-order valence-electron chi connectivity index (χ0n) is 31.0. The summed E-state index contributed by atoms with van der Waals surface area (Å²) in [6, 6.07) is 13.5. The van der Waals surface area contributed by atoms with Crippen LogP contribution in [0.4, 0.5) is 9.59 Å². The minimum absolute atomic E-state index is 0.143. The first-order valence-electron chi connectivity index (χ1n) is 18.5. The molecule has 0 radical (unpaired) electrons. The third-order valence-electron chi connectivity index (χ3n) is 10.3. The zero-order valence-corrected chi connectivity index (χ0v) is 31.8. The Balaban J connectivity index is 1.24. The first kappa shape index (κ1) is 38.2. The van der Waals surface area contributed by atoms with Gasteiger partial charge in [-0.2, -0.15) is 4.72 Å². The highest BCUT2D eigenvalue weighted by molar-refractivity contribution is 7.90. The van der Waals surface area contributed by atoms with E-state index >= 15 is 0 Å². The number of ether oxygens (including phenoxy) is 2. The number of alkyl carbamates (subject to hydrolysis) is 1. The molecule has 1 saturated carbocycles. The van der Waals surface area contributed by atoms with Gasteiger partial charge in [0.05, 0.1) is 12.6 Å². The fourth-order valence-corrected chi connectivity index (χ4v) is 8.18. The van der Waals surface area contributed by atoms with Gasteiger partial charge < -0.3 is 29.6 Å². The van der Waals surface area contributed by atoms with Gasteiger partial charge in [-0.3, -0.25) is 14.5 Å². The lowest BCUT2D eigenvalue weighted by atomic mass is 10.0. The largest absolute Gasteiger partial charge is 0.588 e. The minimum Gasteiger partial charge on any atom is -0.588 e. The molecule has 6 atom stereocenters. The van der Waals surface area contributed by atoms with E-state index < -0.39 is 64.7 Å². The molecule has 3 N–H and O–H groups in total. The highest BCUT2D eigenvalue weighted by Crippen LogP contribution is 2.46. The molecular weight excluding hydrogens is 695 g/mol. The molecule has 1 unspecified atom stereocenters. The molecule has 3 heterocycles. The van der Waals surface area contributed by atoms with Gasteiger partial charge in [-0.1, -0.05) is 73.5 Å². The standard InChI is InChI=1S/C40H51N5O7S/c1-26-17-19-32(20-18-26)53(50)43-36(47)40-22-30(40)15-9-7-6-8-10-16-33(41-37(48)52-39(3,4)5)27(2)45-25-31(21-34(45)35(46)42-40)51-38(49)44-23-28-13-11-12-14-29(28)24-44/h9,11-15,17-20,30-31,33-34H,2,6-8,10,16,21-25H2,1,3-5H3,(H,41,48)(H,42,46)(H,43,47)/b15-9-/t30-,31-,33+,34+,40-,53?/m1/s1. The van der Waals surface area contributed by atoms with Crippen molar-refractivity contribution in [3.05, 3.63) is 89.6 Å². The van der Waals surface area contributed by atoms with Crippen LogP contribution in [0, 0.1) is 12.8 Å². The average Bonchev–Trinajstić information content (AvgIpc) is 3.40. The molecule has 53 heavy (non-hydrogen) atoms. The van der Waals surface area contributed by atoms with Crippen molar-refractivity contribution >= 4 is 35.4 Å². The Morgan fingerprint density at radius 1 is 1.04 bits per heavy atom. The second-order valence-corrected chi connectivity index (χ2v) is 16.8. The van der Waals surface area contributed by atoms with Gasteiger partial charge in [0.15, 0.2) is 4.90 Å². The third-order valence-corrected chi connectivity index (χ3v) is 11.4. The number of benzene rings is 2. The smallest absolute Gasteiger partial charge is 0.410 e. The number of fused-ring (bicyclic) bond motifs is 3. The summed E-state index contributed by atoms with van der Waals surface area (Å²) in [4.78, 5) is 58.7. The van der Waals surface area contributed by atoms with Crippen molar-refractivity contribution in [2.75, 3.05) is 6.54 Å². The predicted octanol–water partition coefficient (Wildman–Crippen LogP) is 5.53. The number of carbonyl (C=O) groups is 4. The lowest BCUT2D eigenvalue weighted by Gasteiger charge is -2.34. The summed E-state index contributed by atoms with van der Waals surface area (Å²) in [5.74, 6) is -1.28. The van der Waals surface area contributed by atoms with Gasteiger partial charge >= 0.3 is 12.2 Å². The Kier molecular flexibility index (Phi) is 11.4. The maximum absolute atomic E-state index is 14.4. The summed E-state index contributed by atoms with van der Waals surface area (Å²) < 4.78 is 27.5. The number of nitrogens with one attached hydrogen (secondary N) is 3. The molecule has 6 rings (SSSR count). The van der Waals surface area contributed by atoms with Crippen LogP contribution in [0.25, 0.3) is 0 Å². The number of allylic oxidation sites excluding steroid dienone is 1. The molecule has 2 aromatic rings. The molecule has 0 spiro atoms. The van der Waals surface area contributed by atoms with Crippen molar-refractivity contribution in [3.63, 3.8) is 0 Å². The molecule has 13 heteroatoms. The second-order valence-electron chi connectivity index (χ2n) is 15.6. The molecule has 1 saturated heterocycles. The molecule has 2 fully saturated rings. The number of hydrogen-bond acceptors (Lipinski definition) is 8. The van der Waals surface area contributed by atoms with Crippen molar-refractivity contribution in [2.24, 2.45) is 5.92 Å². The van der Waals surface area contributed by atoms with E-state index in [9.17, 15) is 23.7 Å². The minimum atomic E-state index is -1.84. The highest BCUT2D eigenvalue weighted by Gasteiger charge is 2.62. The summed E-state index contributed by atoms with van der Waals surface area (Å²) in [6.07, 6.45) is 6.63. The first-order chi connectivity index (χ1) is 25.2. The van der Waals surface area contributed by atoms with E-state index in [1.807, 2.05) is 55.5 Å². The molecule has 1 aliphatic carbocycles. The molecule has 0 aromatic heterocycles. The van der Waals surface area contributed by atoms with Crippen molar-refractivity contribution in [1.82, 2.24) is 25.2 Å². The molecule has 12 nitrogen and oxygen atoms in total. The van der Waals surface area contributed by atoms with E-state index in [1.54, 1.807) is 42.7 Å². The third kappa shape index (κ3) is 9.18. The fourth-order valence-electron chi connectivity index (χ4n) is 7.33. The second kappa shape index (κ2) is 15.9. The summed E-state index contributed by atoms with van der Waals surface area (Å²) in [7, 11) is 0. The van der Waals surface area contributed by atoms with Crippen LogP contribution >= 0.6 is 0 Å². The molecule has 0 bridgehead atoms. The van der Waals surface area contributed by atoms with Crippen LogP contribution in [0.1, 0.15) is 82.4 Å². The first-order valence-corrected chi connectivity index (χ1v) is 19.6. The van der Waals surface area contributed by atoms with Gasteiger partial charge in [0.25, 0.3) is 5.91 Å². The molecule has 2 aromatic carbocycles. The number of nitrogens with zero attached hydrogens (tertiary/aromatic N) is 2. The number of hydrogen-bond donors (Lipinski definition) is 3. The van der Waals surface area contributed by atoms with E-state index in [4.69, 9.17) is 9.47 Å². The summed E-state index contributed by atoms with van der Waals surface area (Å²) in [5.41, 5.74) is 1.58. The lowest BCUT2D eigenvalue weighted by molar-refractivity contribution is -0.131. The normalized spacial score (nSPS) is 27.1. The molecule has 284 valence electrons. The Bertz CT molecular complexity index is 1720. The van der Waals surface area contributed by atoms with Crippen molar-refractivity contribution in [3.8, 4) is 0 Å². The molecule has 3 aliphatic heterocycles. The van der Waals surface area contributed by atoms with Gasteiger partial charge in [0, 0.05) is 31.1 Å². The predicted molar refractivity (Wildman–Crippen MR) is 200 cm³/mol. The van der Waals surface area contributed by atoms with Crippen LogP contribution < -0.4 is 15.4 Å². The maximum atomic E-state index is 14.4. The summed E-state index contributed by atoms with van der Waals surface area (Å²) in [5, 5.41) is 6.02. The van der Waals surface area contributed by atoms with Crippen LogP contribution in [0.3, 0.4) is 0 Å². The van der Waals surface area contributed by atoms with Crippen molar-refractivity contribution in [2.45, 2.75) is 120 Å². The van der Waals surface area contributed by atoms with Crippen molar-refractivity contribution < 1.29 is 33.2 Å². The van der Waals surface area contributed by atoms with Gasteiger partial charge in [-0.05, 0) is 76.6 Å². The maximum Gasteiger partial charge on any atom is 0.410 e. The lowest BCUT2D eigenvalue weighted by Crippen LogP contribution is -2.56. The summed E-state index contributed by atoms with van der Waals surface area (Å²) in [6.45, 7) is 12.7. The van der Waals surface area contributed by atoms with Crippen LogP contribution in [0.2, 0.25) is 0 Å². The number of amides is 4. The van der Waals surface area contributed by atoms with Crippen LogP contribution in [-0.2, 0) is 43.5 Å². The SMILES string of the molecule is C=C1[C@@H](NC(=O)OC(C)(C)C)CCCCC/C=C\[C@@H]2C[C@@]2(C(=O)N[S+]([O-])c2ccc(C)cc2)NC(=O)[C@@H]2C[C@@H](OC(=O)N3Cc4ccccc4C3)CN12. The van der Waals surface area contributed by atoms with E-state index in [-0.39, 0.29) is 18.9 Å². The molecule has 4 amide bonds. The van der Waals surface area contributed by atoms with E-state index in [1.165, 1.54) is 0 Å². The number of carbonyl (C=O) groups excluding carboxylic acids is 4. The van der Waals surface area contributed by atoms with E-state index in [0.29, 0.717) is 36.5 Å². The fraction of sp³-hybridized carbons (Fsp3) is 0.500. The molecular formula is C40H51N5O7S. The quantitative estimate of drug-likeness (QED) is 0.267. The van der Waals surface area contributed by atoms with Crippen LogP contribution in [0.15, 0.2) is 77.9 Å². The molecule has 4 aliphatic rings.